The molecule has 0 radical (unpaired) electrons. The number of carbonyl (C=O) groups is 1. The number of nitro groups is 1. The zero-order valence-electron chi connectivity index (χ0n) is 13.9. The minimum atomic E-state index is -0.608. The van der Waals surface area contributed by atoms with Gasteiger partial charge in [0.15, 0.2) is 18.1 Å². The summed E-state index contributed by atoms with van der Waals surface area (Å²) in [6.45, 7) is 3.68. The van der Waals surface area contributed by atoms with Crippen LogP contribution in [-0.2, 0) is 11.2 Å². The van der Waals surface area contributed by atoms with Gasteiger partial charge in [-0.15, -0.1) is 0 Å². The lowest BCUT2D eigenvalue weighted by Gasteiger charge is -2.18. The number of ether oxygens (including phenoxy) is 3. The van der Waals surface area contributed by atoms with Crippen LogP contribution in [0.5, 0.6) is 17.2 Å². The molecule has 1 aliphatic heterocycles. The molecule has 7 heteroatoms. The number of hydrogen-bond donors (Lipinski definition) is 0. The van der Waals surface area contributed by atoms with E-state index in [0.717, 1.165) is 12.0 Å². The number of para-hydroxylation sites is 1. The van der Waals surface area contributed by atoms with Crippen LogP contribution in [0.2, 0.25) is 0 Å². The van der Waals surface area contributed by atoms with Crippen molar-refractivity contribution in [3.63, 3.8) is 0 Å². The molecule has 0 aliphatic carbocycles. The number of hydrogen-bond acceptors (Lipinski definition) is 6. The molecular weight excluding hydrogens is 326 g/mol. The Morgan fingerprint density at radius 2 is 1.96 bits per heavy atom. The van der Waals surface area contributed by atoms with E-state index in [9.17, 15) is 14.9 Å². The standard InChI is InChI=1S/C18H17NO6/c1-18(2)10-12-4-3-5-15(17(12)25-18)23-11-16(20)24-14-8-6-13(7-9-14)19(21)22/h3-9H,10-11H2,1-2H3. The Morgan fingerprint density at radius 1 is 1.24 bits per heavy atom. The molecular formula is C18H17NO6. The molecule has 25 heavy (non-hydrogen) atoms. The molecule has 7 nitrogen and oxygen atoms in total. The van der Waals surface area contributed by atoms with Gasteiger partial charge in [-0.3, -0.25) is 10.1 Å². The Bertz CT molecular complexity index is 813. The molecule has 0 N–H and O–H groups in total. The van der Waals surface area contributed by atoms with Crippen LogP contribution in [0.15, 0.2) is 42.5 Å². The number of nitrogens with zero attached hydrogens (tertiary/aromatic N) is 1. The fraction of sp³-hybridized carbons (Fsp3) is 0.278. The van der Waals surface area contributed by atoms with Gasteiger partial charge in [0.05, 0.1) is 4.92 Å². The average molecular weight is 343 g/mol. The summed E-state index contributed by atoms with van der Waals surface area (Å²) in [5.74, 6) is 0.748. The molecule has 0 saturated heterocycles. The quantitative estimate of drug-likeness (QED) is 0.358. The summed E-state index contributed by atoms with van der Waals surface area (Å²) in [6, 6.07) is 10.8. The van der Waals surface area contributed by atoms with Crippen molar-refractivity contribution in [2.45, 2.75) is 25.9 Å². The second kappa shape index (κ2) is 6.43. The summed E-state index contributed by atoms with van der Waals surface area (Å²) in [7, 11) is 0. The smallest absolute Gasteiger partial charge is 0.349 e. The highest BCUT2D eigenvalue weighted by atomic mass is 16.6. The van der Waals surface area contributed by atoms with Gasteiger partial charge in [-0.25, -0.2) is 4.79 Å². The summed E-state index contributed by atoms with van der Waals surface area (Å²) < 4.78 is 16.5. The Morgan fingerprint density at radius 3 is 2.64 bits per heavy atom. The van der Waals surface area contributed by atoms with Crippen molar-refractivity contribution in [3.05, 3.63) is 58.1 Å². The van der Waals surface area contributed by atoms with Gasteiger partial charge in [0.2, 0.25) is 0 Å². The lowest BCUT2D eigenvalue weighted by molar-refractivity contribution is -0.384. The molecule has 0 atom stereocenters. The van der Waals surface area contributed by atoms with Crippen molar-refractivity contribution in [1.29, 1.82) is 0 Å². The minimum absolute atomic E-state index is 0.0735. The maximum Gasteiger partial charge on any atom is 0.349 e. The highest BCUT2D eigenvalue weighted by Crippen LogP contribution is 2.41. The van der Waals surface area contributed by atoms with Gasteiger partial charge in [0.1, 0.15) is 11.4 Å². The summed E-state index contributed by atoms with van der Waals surface area (Å²) in [6.07, 6.45) is 0.771. The molecule has 1 aliphatic rings. The zero-order valence-corrected chi connectivity index (χ0v) is 13.9. The molecule has 0 amide bonds. The van der Waals surface area contributed by atoms with Gasteiger partial charge in [-0.05, 0) is 32.0 Å². The molecule has 0 fully saturated rings. The molecule has 0 spiro atoms. The maximum absolute atomic E-state index is 11.9. The van der Waals surface area contributed by atoms with E-state index in [1.807, 2.05) is 26.0 Å². The van der Waals surface area contributed by atoms with Gasteiger partial charge in [0.25, 0.3) is 5.69 Å². The second-order valence-electron chi connectivity index (χ2n) is 6.30. The summed E-state index contributed by atoms with van der Waals surface area (Å²) in [4.78, 5) is 22.0. The van der Waals surface area contributed by atoms with Gasteiger partial charge in [-0.1, -0.05) is 12.1 Å². The average Bonchev–Trinajstić information content (AvgIpc) is 2.87. The Hall–Kier alpha value is -3.09. The first kappa shape index (κ1) is 16.8. The topological polar surface area (TPSA) is 87.9 Å². The van der Waals surface area contributed by atoms with E-state index in [-0.39, 0.29) is 23.6 Å². The van der Waals surface area contributed by atoms with E-state index >= 15 is 0 Å². The van der Waals surface area contributed by atoms with Crippen molar-refractivity contribution in [1.82, 2.24) is 0 Å². The first-order valence-electron chi connectivity index (χ1n) is 7.73. The molecule has 2 aromatic carbocycles. The predicted molar refractivity (Wildman–Crippen MR) is 89.1 cm³/mol. The second-order valence-corrected chi connectivity index (χ2v) is 6.30. The maximum atomic E-state index is 11.9. The lowest BCUT2D eigenvalue weighted by atomic mass is 10.0. The normalized spacial score (nSPS) is 14.3. The Kier molecular flexibility index (Phi) is 4.31. The van der Waals surface area contributed by atoms with E-state index in [1.165, 1.54) is 24.3 Å². The molecule has 2 aromatic rings. The first-order chi connectivity index (χ1) is 11.8. The third kappa shape index (κ3) is 3.88. The SMILES string of the molecule is CC1(C)Cc2cccc(OCC(=O)Oc3ccc([N+](=O)[O-])cc3)c2O1. The highest BCUT2D eigenvalue weighted by molar-refractivity contribution is 5.74. The molecule has 3 rings (SSSR count). The van der Waals surface area contributed by atoms with Crippen LogP contribution in [0.3, 0.4) is 0 Å². The lowest BCUT2D eigenvalue weighted by Crippen LogP contribution is -2.25. The van der Waals surface area contributed by atoms with E-state index in [1.54, 1.807) is 6.07 Å². The summed E-state index contributed by atoms with van der Waals surface area (Å²) in [5, 5.41) is 10.6. The molecule has 130 valence electrons. The molecule has 1 heterocycles. The van der Waals surface area contributed by atoms with Crippen LogP contribution in [-0.4, -0.2) is 23.1 Å². The molecule has 0 unspecified atom stereocenters. The Labute approximate surface area is 144 Å². The fourth-order valence-electron chi connectivity index (χ4n) is 2.63. The van der Waals surface area contributed by atoms with Crippen molar-refractivity contribution < 1.29 is 23.9 Å². The van der Waals surface area contributed by atoms with Gasteiger partial charge < -0.3 is 14.2 Å². The summed E-state index contributed by atoms with van der Waals surface area (Å²) in [5.41, 5.74) is 0.656. The number of carbonyl (C=O) groups excluding carboxylic acids is 1. The monoisotopic (exact) mass is 343 g/mol. The van der Waals surface area contributed by atoms with Crippen LogP contribution in [0.1, 0.15) is 19.4 Å². The number of non-ortho nitro benzene ring substituents is 1. The predicted octanol–water partition coefficient (Wildman–Crippen LogP) is 3.29. The minimum Gasteiger partial charge on any atom is -0.483 e. The van der Waals surface area contributed by atoms with Crippen LogP contribution in [0.4, 0.5) is 5.69 Å². The highest BCUT2D eigenvalue weighted by Gasteiger charge is 2.32. The van der Waals surface area contributed by atoms with Gasteiger partial charge in [-0.2, -0.15) is 0 Å². The van der Waals surface area contributed by atoms with Gasteiger partial charge >= 0.3 is 5.97 Å². The first-order valence-corrected chi connectivity index (χ1v) is 7.73. The van der Waals surface area contributed by atoms with Crippen LogP contribution < -0.4 is 14.2 Å². The number of nitro benzene ring substituents is 1. The molecule has 0 aromatic heterocycles. The van der Waals surface area contributed by atoms with Crippen molar-refractivity contribution in [2.75, 3.05) is 6.61 Å². The van der Waals surface area contributed by atoms with Crippen molar-refractivity contribution in [3.8, 4) is 17.2 Å². The Balaban J connectivity index is 1.60. The van der Waals surface area contributed by atoms with E-state index < -0.39 is 10.9 Å². The number of esters is 1. The van der Waals surface area contributed by atoms with Crippen LogP contribution in [0.25, 0.3) is 0 Å². The van der Waals surface area contributed by atoms with Crippen LogP contribution >= 0.6 is 0 Å². The molecule has 0 saturated carbocycles. The third-order valence-electron chi connectivity index (χ3n) is 3.68. The third-order valence-corrected chi connectivity index (χ3v) is 3.68. The van der Waals surface area contributed by atoms with Gasteiger partial charge in [0, 0.05) is 24.1 Å². The number of fused-ring (bicyclic) bond motifs is 1. The van der Waals surface area contributed by atoms with Crippen LogP contribution in [0, 0.1) is 10.1 Å². The van der Waals surface area contributed by atoms with E-state index in [4.69, 9.17) is 14.2 Å². The van der Waals surface area contributed by atoms with E-state index in [2.05, 4.69) is 0 Å². The largest absolute Gasteiger partial charge is 0.483 e. The number of rotatable bonds is 5. The van der Waals surface area contributed by atoms with E-state index in [0.29, 0.717) is 11.5 Å². The van der Waals surface area contributed by atoms with Crippen molar-refractivity contribution >= 4 is 11.7 Å². The zero-order chi connectivity index (χ0) is 18.0. The van der Waals surface area contributed by atoms with Crippen molar-refractivity contribution in [2.24, 2.45) is 0 Å². The number of benzene rings is 2. The summed E-state index contributed by atoms with van der Waals surface area (Å²) >= 11 is 0. The fourth-order valence-corrected chi connectivity index (χ4v) is 2.63. The molecule has 0 bridgehead atoms.